The van der Waals surface area contributed by atoms with E-state index in [0.717, 1.165) is 29.0 Å². The Bertz CT molecular complexity index is 600. The lowest BCUT2D eigenvalue weighted by Crippen LogP contribution is -2.36. The van der Waals surface area contributed by atoms with Crippen LogP contribution >= 0.6 is 22.9 Å². The van der Waals surface area contributed by atoms with Crippen LogP contribution in [0.3, 0.4) is 0 Å². The Balaban J connectivity index is 1.82. The molecule has 5 nitrogen and oxygen atoms in total. The van der Waals surface area contributed by atoms with Crippen molar-refractivity contribution in [1.82, 2.24) is 20.1 Å². The number of nitrogens with zero attached hydrogens (tertiary/aromatic N) is 4. The average molecular weight is 281 g/mol. The maximum atomic E-state index is 12.2. The van der Waals surface area contributed by atoms with Crippen LogP contribution < -0.4 is 0 Å². The van der Waals surface area contributed by atoms with Crippen LogP contribution in [0.25, 0.3) is 0 Å². The van der Waals surface area contributed by atoms with Gasteiger partial charge in [-0.25, -0.2) is 0 Å². The number of rotatable bonds is 1. The number of fused-ring (bicyclic) bond motifs is 1. The predicted molar refractivity (Wildman–Crippen MR) is 67.6 cm³/mol. The molecule has 0 fully saturated rings. The van der Waals surface area contributed by atoms with Crippen molar-refractivity contribution in [1.29, 1.82) is 0 Å². The first-order valence-corrected chi connectivity index (χ1v) is 6.64. The van der Waals surface area contributed by atoms with Gasteiger partial charge in [-0.15, -0.1) is 10.2 Å². The van der Waals surface area contributed by atoms with E-state index in [4.69, 9.17) is 11.6 Å². The molecule has 92 valence electrons. The summed E-state index contributed by atoms with van der Waals surface area (Å²) in [5.41, 5.74) is 2.16. The second kappa shape index (κ2) is 4.62. The number of hydrogen-bond acceptors (Lipinski definition) is 5. The molecule has 0 saturated heterocycles. The summed E-state index contributed by atoms with van der Waals surface area (Å²) in [6.07, 6.45) is 2.55. The molecule has 3 rings (SSSR count). The Kier molecular flexibility index (Phi) is 2.97. The number of halogens is 1. The van der Waals surface area contributed by atoms with E-state index in [1.165, 1.54) is 0 Å². The number of carbonyl (C=O) groups excluding carboxylic acids is 1. The van der Waals surface area contributed by atoms with E-state index in [1.807, 2.05) is 12.1 Å². The molecule has 2 aromatic rings. The summed E-state index contributed by atoms with van der Waals surface area (Å²) in [4.78, 5) is 18.2. The van der Waals surface area contributed by atoms with Crippen LogP contribution in [-0.2, 0) is 13.0 Å². The minimum atomic E-state index is -0.117. The van der Waals surface area contributed by atoms with Gasteiger partial charge in [-0.05, 0) is 23.2 Å². The van der Waals surface area contributed by atoms with Crippen LogP contribution in [0.4, 0.5) is 0 Å². The quantitative estimate of drug-likeness (QED) is 0.799. The van der Waals surface area contributed by atoms with Crippen LogP contribution in [0.5, 0.6) is 0 Å². The fourth-order valence-electron chi connectivity index (χ4n) is 1.97. The van der Waals surface area contributed by atoms with Gasteiger partial charge in [-0.2, -0.15) is 0 Å². The highest BCUT2D eigenvalue weighted by Crippen LogP contribution is 2.21. The summed E-state index contributed by atoms with van der Waals surface area (Å²) in [6, 6.07) is 3.88. The minimum Gasteiger partial charge on any atom is -0.332 e. The van der Waals surface area contributed by atoms with Gasteiger partial charge >= 0.3 is 0 Å². The fraction of sp³-hybridized carbons (Fsp3) is 0.273. The molecule has 7 heteroatoms. The predicted octanol–water partition coefficient (Wildman–Crippen LogP) is 1.79. The van der Waals surface area contributed by atoms with E-state index in [1.54, 1.807) is 11.1 Å². The number of carbonyl (C=O) groups is 1. The van der Waals surface area contributed by atoms with Crippen molar-refractivity contribution < 1.29 is 4.79 Å². The smallest absolute Gasteiger partial charge is 0.285 e. The zero-order chi connectivity index (χ0) is 12.5. The maximum absolute atomic E-state index is 12.2. The molecule has 0 atom stereocenters. The van der Waals surface area contributed by atoms with Gasteiger partial charge in [0, 0.05) is 31.4 Å². The fourth-order valence-corrected chi connectivity index (χ4v) is 2.76. The van der Waals surface area contributed by atoms with Crippen LogP contribution in [0, 0.1) is 0 Å². The molecule has 0 unspecified atom stereocenters. The third-order valence-corrected chi connectivity index (χ3v) is 3.84. The number of pyridine rings is 1. The molecule has 0 aromatic carbocycles. The van der Waals surface area contributed by atoms with Crippen molar-refractivity contribution in [2.45, 2.75) is 13.0 Å². The van der Waals surface area contributed by atoms with E-state index < -0.39 is 0 Å². The number of aromatic nitrogens is 3. The lowest BCUT2D eigenvalue weighted by Gasteiger charge is -2.27. The molecule has 2 aromatic heterocycles. The lowest BCUT2D eigenvalue weighted by molar-refractivity contribution is 0.0732. The zero-order valence-corrected chi connectivity index (χ0v) is 10.9. The molecule has 18 heavy (non-hydrogen) atoms. The summed E-state index contributed by atoms with van der Waals surface area (Å²) >= 11 is 6.80. The molecule has 0 N–H and O–H groups in total. The van der Waals surface area contributed by atoms with Crippen LogP contribution in [0.1, 0.15) is 21.1 Å². The maximum Gasteiger partial charge on any atom is 0.285 e. The molecular weight excluding hydrogens is 272 g/mol. The van der Waals surface area contributed by atoms with Gasteiger partial charge in [0.2, 0.25) is 9.47 Å². The van der Waals surface area contributed by atoms with Crippen molar-refractivity contribution >= 4 is 28.8 Å². The Hall–Kier alpha value is -1.53. The van der Waals surface area contributed by atoms with Crippen molar-refractivity contribution in [3.8, 4) is 0 Å². The first-order chi connectivity index (χ1) is 8.74. The first-order valence-electron chi connectivity index (χ1n) is 5.45. The normalized spacial score (nSPS) is 14.4. The highest BCUT2D eigenvalue weighted by molar-refractivity contribution is 7.17. The van der Waals surface area contributed by atoms with E-state index in [-0.39, 0.29) is 10.4 Å². The molecular formula is C11H9ClN4OS. The largest absolute Gasteiger partial charge is 0.332 e. The van der Waals surface area contributed by atoms with Gasteiger partial charge in [-0.1, -0.05) is 17.4 Å². The van der Waals surface area contributed by atoms with Crippen molar-refractivity contribution in [2.75, 3.05) is 6.54 Å². The minimum absolute atomic E-state index is 0.117. The standard InChI is InChI=1S/C11H9ClN4OS/c12-11-15-14-9(18-11)10(17)16-5-3-8-7(6-16)2-1-4-13-8/h1-2,4H,3,5-6H2. The van der Waals surface area contributed by atoms with Crippen LogP contribution in [-0.4, -0.2) is 32.5 Å². The van der Waals surface area contributed by atoms with Gasteiger partial charge < -0.3 is 4.90 Å². The van der Waals surface area contributed by atoms with E-state index in [0.29, 0.717) is 18.1 Å². The SMILES string of the molecule is O=C(c1nnc(Cl)s1)N1CCc2ncccc2C1. The summed E-state index contributed by atoms with van der Waals surface area (Å²) in [7, 11) is 0. The highest BCUT2D eigenvalue weighted by atomic mass is 35.5. The molecule has 1 amide bonds. The van der Waals surface area contributed by atoms with E-state index >= 15 is 0 Å². The monoisotopic (exact) mass is 280 g/mol. The third-order valence-electron chi connectivity index (χ3n) is 2.83. The molecule has 0 radical (unpaired) electrons. The summed E-state index contributed by atoms with van der Waals surface area (Å²) < 4.78 is 0.289. The molecule has 0 spiro atoms. The van der Waals surface area contributed by atoms with Crippen molar-refractivity contribution in [2.24, 2.45) is 0 Å². The van der Waals surface area contributed by atoms with E-state index in [9.17, 15) is 4.79 Å². The van der Waals surface area contributed by atoms with Gasteiger partial charge in [0.15, 0.2) is 0 Å². The van der Waals surface area contributed by atoms with Crippen LogP contribution in [0.15, 0.2) is 18.3 Å². The lowest BCUT2D eigenvalue weighted by atomic mass is 10.1. The molecule has 3 heterocycles. The first kappa shape index (κ1) is 11.6. The summed E-state index contributed by atoms with van der Waals surface area (Å²) in [5.74, 6) is -0.117. The Morgan fingerprint density at radius 3 is 3.11 bits per heavy atom. The highest BCUT2D eigenvalue weighted by Gasteiger charge is 2.24. The van der Waals surface area contributed by atoms with Gasteiger partial charge in [0.1, 0.15) is 0 Å². The molecule has 0 aliphatic carbocycles. The number of amides is 1. The summed E-state index contributed by atoms with van der Waals surface area (Å²) in [5, 5.41) is 7.77. The van der Waals surface area contributed by atoms with Crippen molar-refractivity contribution in [3.05, 3.63) is 39.1 Å². The van der Waals surface area contributed by atoms with Gasteiger partial charge in [0.05, 0.1) is 0 Å². The second-order valence-corrected chi connectivity index (χ2v) is 5.51. The number of hydrogen-bond donors (Lipinski definition) is 0. The molecule has 0 saturated carbocycles. The third kappa shape index (κ3) is 2.09. The zero-order valence-electron chi connectivity index (χ0n) is 9.34. The molecule has 1 aliphatic heterocycles. The van der Waals surface area contributed by atoms with Crippen molar-refractivity contribution in [3.63, 3.8) is 0 Å². The summed E-state index contributed by atoms with van der Waals surface area (Å²) in [6.45, 7) is 1.22. The van der Waals surface area contributed by atoms with Gasteiger partial charge in [0.25, 0.3) is 5.91 Å². The average Bonchev–Trinajstić information content (AvgIpc) is 2.84. The molecule has 1 aliphatic rings. The van der Waals surface area contributed by atoms with Gasteiger partial charge in [-0.3, -0.25) is 9.78 Å². The Morgan fingerprint density at radius 1 is 1.44 bits per heavy atom. The van der Waals surface area contributed by atoms with E-state index in [2.05, 4.69) is 15.2 Å². The Labute approximate surface area is 112 Å². The molecule has 0 bridgehead atoms. The second-order valence-electron chi connectivity index (χ2n) is 3.95. The topological polar surface area (TPSA) is 59.0 Å². The van der Waals surface area contributed by atoms with Crippen LogP contribution in [0.2, 0.25) is 4.47 Å². The Morgan fingerprint density at radius 2 is 2.33 bits per heavy atom.